The molecule has 1 atom stereocenters. The smallest absolute Gasteiger partial charge is 0.0410 e. The predicted octanol–water partition coefficient (Wildman–Crippen LogP) is 4.07. The van der Waals surface area contributed by atoms with Crippen molar-refractivity contribution in [3.8, 4) is 0 Å². The molecule has 84 valence electrons. The lowest BCUT2D eigenvalue weighted by Crippen LogP contribution is -2.36. The monoisotopic (exact) mass is 337 g/mol. The summed E-state index contributed by atoms with van der Waals surface area (Å²) in [5.41, 5.74) is 2.86. The number of likely N-dealkylation sites (N-methyl/N-ethyl adjacent to an activating group) is 1. The molecule has 0 bridgehead atoms. The summed E-state index contributed by atoms with van der Waals surface area (Å²) in [6.07, 6.45) is 0. The first-order valence-corrected chi connectivity index (χ1v) is 5.35. The molecule has 1 aromatic carbocycles. The number of fused-ring (bicyclic) bond motifs is 1. The van der Waals surface area contributed by atoms with Gasteiger partial charge in [-0.25, -0.2) is 0 Å². The Balaban J connectivity index is 0.00000112. The second kappa shape index (κ2) is 4.13. The van der Waals surface area contributed by atoms with Crippen LogP contribution in [-0.4, -0.2) is 13.1 Å². The van der Waals surface area contributed by atoms with Crippen molar-refractivity contribution in [2.45, 2.75) is 32.2 Å². The molecule has 0 aliphatic carbocycles. The maximum Gasteiger partial charge on any atom is 0.0410 e. The van der Waals surface area contributed by atoms with E-state index >= 15 is 0 Å². The number of rotatable bonds is 0. The number of hydrogen-bond acceptors (Lipinski definition) is 1. The van der Waals surface area contributed by atoms with E-state index in [1.54, 1.807) is 0 Å². The molecule has 15 heavy (non-hydrogen) atoms. The highest BCUT2D eigenvalue weighted by molar-refractivity contribution is 14.0. The Morgan fingerprint density at radius 3 is 2.53 bits per heavy atom. The fraction of sp³-hybridized carbons (Fsp3) is 0.500. The van der Waals surface area contributed by atoms with Gasteiger partial charge in [0, 0.05) is 29.2 Å². The lowest BCUT2D eigenvalue weighted by Gasteiger charge is -2.28. The fourth-order valence-electron chi connectivity index (χ4n) is 2.25. The van der Waals surface area contributed by atoms with Gasteiger partial charge in [0.2, 0.25) is 0 Å². The summed E-state index contributed by atoms with van der Waals surface area (Å²) >= 11 is 6.03. The molecule has 1 aliphatic heterocycles. The summed E-state index contributed by atoms with van der Waals surface area (Å²) in [5.74, 6) is 0. The second-order valence-electron chi connectivity index (χ2n) is 4.67. The summed E-state index contributed by atoms with van der Waals surface area (Å²) in [4.78, 5) is 2.33. The Morgan fingerprint density at radius 1 is 1.33 bits per heavy atom. The third kappa shape index (κ3) is 1.86. The zero-order valence-electron chi connectivity index (χ0n) is 9.54. The minimum absolute atomic E-state index is 0. The summed E-state index contributed by atoms with van der Waals surface area (Å²) < 4.78 is 0. The number of hydrogen-bond donors (Lipinski definition) is 0. The summed E-state index contributed by atoms with van der Waals surface area (Å²) in [7, 11) is 2.14. The van der Waals surface area contributed by atoms with Crippen LogP contribution in [0, 0.1) is 0 Å². The van der Waals surface area contributed by atoms with Gasteiger partial charge < -0.3 is 4.90 Å². The summed E-state index contributed by atoms with van der Waals surface area (Å²) in [6, 6.07) is 6.70. The van der Waals surface area contributed by atoms with Crippen molar-refractivity contribution < 1.29 is 0 Å². The van der Waals surface area contributed by atoms with Crippen molar-refractivity contribution in [3.63, 3.8) is 0 Å². The molecule has 0 aromatic heterocycles. The number of nitrogens with zero attached hydrogens (tertiary/aromatic N) is 1. The Kier molecular flexibility index (Phi) is 3.61. The quantitative estimate of drug-likeness (QED) is 0.645. The Labute approximate surface area is 114 Å². The summed E-state index contributed by atoms with van der Waals surface area (Å²) in [5, 5.41) is 0.833. The van der Waals surface area contributed by atoms with Crippen LogP contribution in [0.4, 0.5) is 5.69 Å². The van der Waals surface area contributed by atoms with Gasteiger partial charge in [0.1, 0.15) is 0 Å². The molecule has 0 radical (unpaired) electrons. The van der Waals surface area contributed by atoms with Crippen molar-refractivity contribution in [1.82, 2.24) is 0 Å². The van der Waals surface area contributed by atoms with Gasteiger partial charge in [-0.2, -0.15) is 0 Å². The van der Waals surface area contributed by atoms with E-state index in [9.17, 15) is 0 Å². The van der Waals surface area contributed by atoms with Crippen molar-refractivity contribution in [2.24, 2.45) is 0 Å². The van der Waals surface area contributed by atoms with Crippen LogP contribution < -0.4 is 4.90 Å². The number of halogens is 2. The highest BCUT2D eigenvalue weighted by atomic mass is 127. The van der Waals surface area contributed by atoms with E-state index in [1.807, 2.05) is 6.07 Å². The van der Waals surface area contributed by atoms with Gasteiger partial charge in [-0.1, -0.05) is 25.4 Å². The molecule has 1 heterocycles. The normalized spacial score (nSPS) is 22.2. The molecule has 1 unspecified atom stereocenters. The third-order valence-electron chi connectivity index (χ3n) is 3.66. The summed E-state index contributed by atoms with van der Waals surface area (Å²) in [6.45, 7) is 6.81. The minimum atomic E-state index is 0. The van der Waals surface area contributed by atoms with Gasteiger partial charge in [0.15, 0.2) is 0 Å². The van der Waals surface area contributed by atoms with Gasteiger partial charge in [0.25, 0.3) is 0 Å². The average Bonchev–Trinajstić information content (AvgIpc) is 2.29. The predicted molar refractivity (Wildman–Crippen MR) is 77.8 cm³/mol. The topological polar surface area (TPSA) is 3.24 Å². The van der Waals surface area contributed by atoms with E-state index in [2.05, 4.69) is 44.9 Å². The van der Waals surface area contributed by atoms with E-state index in [0.717, 1.165) is 5.02 Å². The van der Waals surface area contributed by atoms with Crippen LogP contribution in [0.2, 0.25) is 5.02 Å². The number of benzene rings is 1. The van der Waals surface area contributed by atoms with Crippen molar-refractivity contribution in [2.75, 3.05) is 11.9 Å². The van der Waals surface area contributed by atoms with E-state index in [-0.39, 0.29) is 29.4 Å². The maximum atomic E-state index is 6.03. The highest BCUT2D eigenvalue weighted by Crippen LogP contribution is 2.44. The van der Waals surface area contributed by atoms with Gasteiger partial charge in [-0.3, -0.25) is 0 Å². The molecule has 0 saturated heterocycles. The first kappa shape index (κ1) is 13.1. The van der Waals surface area contributed by atoms with Crippen molar-refractivity contribution in [1.29, 1.82) is 0 Å². The van der Waals surface area contributed by atoms with E-state index in [0.29, 0.717) is 6.04 Å². The van der Waals surface area contributed by atoms with Gasteiger partial charge in [-0.05, 0) is 30.7 Å². The maximum absolute atomic E-state index is 6.03. The molecule has 0 spiro atoms. The van der Waals surface area contributed by atoms with Crippen molar-refractivity contribution in [3.05, 3.63) is 28.8 Å². The molecule has 2 rings (SSSR count). The fourth-order valence-corrected chi connectivity index (χ4v) is 2.42. The van der Waals surface area contributed by atoms with Crippen molar-refractivity contribution >= 4 is 41.3 Å². The molecule has 1 aromatic rings. The first-order chi connectivity index (χ1) is 6.44. The van der Waals surface area contributed by atoms with Crippen LogP contribution >= 0.6 is 35.6 Å². The second-order valence-corrected chi connectivity index (χ2v) is 5.11. The lowest BCUT2D eigenvalue weighted by atomic mass is 9.81. The molecule has 1 nitrogen and oxygen atoms in total. The van der Waals surface area contributed by atoms with Gasteiger partial charge in [0.05, 0.1) is 0 Å². The van der Waals surface area contributed by atoms with Gasteiger partial charge in [-0.15, -0.1) is 24.0 Å². The highest BCUT2D eigenvalue weighted by Gasteiger charge is 2.39. The van der Waals surface area contributed by atoms with E-state index in [4.69, 9.17) is 11.6 Å². The van der Waals surface area contributed by atoms with E-state index in [1.165, 1.54) is 11.3 Å². The molecule has 0 N–H and O–H groups in total. The zero-order chi connectivity index (χ0) is 10.5. The molecule has 0 fully saturated rings. The van der Waals surface area contributed by atoms with E-state index < -0.39 is 0 Å². The first-order valence-electron chi connectivity index (χ1n) is 4.97. The Bertz CT molecular complexity index is 376. The molecular formula is C12H17ClIN. The molecule has 0 amide bonds. The Morgan fingerprint density at radius 2 is 1.93 bits per heavy atom. The molecule has 0 saturated carbocycles. The SMILES string of the molecule is CC1N(C)c2ccc(Cl)cc2C1(C)C.I. The minimum Gasteiger partial charge on any atom is -0.371 e. The standard InChI is InChI=1S/C12H16ClN.HI/c1-8-12(2,3)10-7-9(13)5-6-11(10)14(8)4;/h5-8H,1-4H3;1H. The van der Waals surface area contributed by atoms with Crippen LogP contribution in [0.25, 0.3) is 0 Å². The van der Waals surface area contributed by atoms with Gasteiger partial charge >= 0.3 is 0 Å². The van der Waals surface area contributed by atoms with Crippen LogP contribution in [-0.2, 0) is 5.41 Å². The van der Waals surface area contributed by atoms with Crippen LogP contribution in [0.5, 0.6) is 0 Å². The zero-order valence-corrected chi connectivity index (χ0v) is 12.6. The Hall–Kier alpha value is 0.0400. The van der Waals surface area contributed by atoms with Crippen LogP contribution in [0.3, 0.4) is 0 Å². The molecule has 3 heteroatoms. The largest absolute Gasteiger partial charge is 0.371 e. The molecule has 1 aliphatic rings. The van der Waals surface area contributed by atoms with Crippen LogP contribution in [0.1, 0.15) is 26.3 Å². The third-order valence-corrected chi connectivity index (χ3v) is 3.89. The van der Waals surface area contributed by atoms with Crippen LogP contribution in [0.15, 0.2) is 18.2 Å². The average molecular weight is 338 g/mol. The number of anilines is 1. The lowest BCUT2D eigenvalue weighted by molar-refractivity contribution is 0.454. The molecular weight excluding hydrogens is 320 g/mol.